The van der Waals surface area contributed by atoms with Crippen molar-refractivity contribution in [3.63, 3.8) is 0 Å². The number of amides is 1. The average Bonchev–Trinajstić information content (AvgIpc) is 3.02. The van der Waals surface area contributed by atoms with Crippen molar-refractivity contribution in [2.24, 2.45) is 10.2 Å². The van der Waals surface area contributed by atoms with Gasteiger partial charge in [-0.1, -0.05) is 66.5 Å². The first-order valence-corrected chi connectivity index (χ1v) is 10.4. The largest absolute Gasteiger partial charge is 0.507 e. The highest BCUT2D eigenvalue weighted by atomic mass is 32.2. The Bertz CT molecular complexity index is 1230. The predicted octanol–water partition coefficient (Wildman–Crippen LogP) is 6.35. The zero-order chi connectivity index (χ0) is 21.1. The van der Waals surface area contributed by atoms with Crippen molar-refractivity contribution < 1.29 is 9.90 Å². The van der Waals surface area contributed by atoms with E-state index in [-0.39, 0.29) is 11.7 Å². The number of carbonyl (C=O) groups is 1. The van der Waals surface area contributed by atoms with Gasteiger partial charge in [-0.05, 0) is 35.7 Å². The molecule has 5 nitrogen and oxygen atoms in total. The minimum atomic E-state index is -0.202. The van der Waals surface area contributed by atoms with Gasteiger partial charge in [-0.3, -0.25) is 9.69 Å². The molecule has 0 bridgehead atoms. The van der Waals surface area contributed by atoms with Gasteiger partial charge in [-0.25, -0.2) is 0 Å². The van der Waals surface area contributed by atoms with Gasteiger partial charge in [-0.15, -0.1) is 11.7 Å². The smallest absolute Gasteiger partial charge is 0.266 e. The van der Waals surface area contributed by atoms with Crippen LogP contribution < -0.4 is 0 Å². The fraction of sp³-hybridized carbons (Fsp3) is 0.0435. The van der Waals surface area contributed by atoms with Gasteiger partial charge in [0.25, 0.3) is 5.91 Å². The minimum Gasteiger partial charge on any atom is -0.507 e. The summed E-state index contributed by atoms with van der Waals surface area (Å²) in [7, 11) is 0. The molecular weight excluding hydrogens is 414 g/mol. The molecule has 1 fully saturated rings. The molecule has 0 unspecified atom stereocenters. The number of aromatic hydroxyl groups is 1. The zero-order valence-electron chi connectivity index (χ0n) is 15.9. The SMILES string of the molecule is C=CCN1C(=O)/C(=C/c2cc(N=Nc3cccc4ccccc34)ccc2O)SC1=S. The van der Waals surface area contributed by atoms with Gasteiger partial charge in [0.15, 0.2) is 0 Å². The summed E-state index contributed by atoms with van der Waals surface area (Å²) in [6, 6.07) is 18.7. The van der Waals surface area contributed by atoms with Crippen LogP contribution in [-0.4, -0.2) is 26.8 Å². The van der Waals surface area contributed by atoms with Crippen LogP contribution in [0, 0.1) is 0 Å². The Labute approximate surface area is 183 Å². The molecule has 0 atom stereocenters. The van der Waals surface area contributed by atoms with E-state index in [4.69, 9.17) is 12.2 Å². The predicted molar refractivity (Wildman–Crippen MR) is 126 cm³/mol. The maximum absolute atomic E-state index is 12.5. The third-order valence-corrected chi connectivity index (χ3v) is 5.90. The molecule has 148 valence electrons. The molecule has 1 aliphatic heterocycles. The fourth-order valence-electron chi connectivity index (χ4n) is 3.05. The topological polar surface area (TPSA) is 65.3 Å². The van der Waals surface area contributed by atoms with Crippen molar-refractivity contribution >= 4 is 62.4 Å². The molecule has 1 heterocycles. The number of hydrogen-bond acceptors (Lipinski definition) is 6. The van der Waals surface area contributed by atoms with Gasteiger partial charge < -0.3 is 5.11 Å². The molecule has 3 aromatic carbocycles. The number of phenolic OH excluding ortho intramolecular Hbond substituents is 1. The maximum Gasteiger partial charge on any atom is 0.266 e. The van der Waals surface area contributed by atoms with Gasteiger partial charge in [-0.2, -0.15) is 5.11 Å². The standard InChI is InChI=1S/C23H17N3O2S2/c1-2-12-26-22(28)21(30-23(26)29)14-16-13-17(10-11-20(16)27)24-25-19-9-5-7-15-6-3-4-8-18(15)19/h2-11,13-14,27H,1,12H2/b21-14-,25-24?. The number of fused-ring (bicyclic) bond motifs is 1. The van der Waals surface area contributed by atoms with Crippen molar-refractivity contribution in [1.82, 2.24) is 4.90 Å². The zero-order valence-corrected chi connectivity index (χ0v) is 17.5. The Kier molecular flexibility index (Phi) is 5.74. The van der Waals surface area contributed by atoms with E-state index in [1.54, 1.807) is 24.3 Å². The molecule has 7 heteroatoms. The summed E-state index contributed by atoms with van der Waals surface area (Å²) in [5.74, 6) is -0.153. The van der Waals surface area contributed by atoms with Crippen LogP contribution in [0.2, 0.25) is 0 Å². The van der Waals surface area contributed by atoms with Crippen LogP contribution in [0.25, 0.3) is 16.8 Å². The third-order valence-electron chi connectivity index (χ3n) is 4.52. The molecule has 0 spiro atoms. The van der Waals surface area contributed by atoms with E-state index in [2.05, 4.69) is 16.8 Å². The second-order valence-electron chi connectivity index (χ2n) is 6.52. The molecule has 30 heavy (non-hydrogen) atoms. The molecular formula is C23H17N3O2S2. The molecule has 0 aromatic heterocycles. The Morgan fingerprint density at radius 3 is 2.73 bits per heavy atom. The number of phenols is 1. The number of carbonyl (C=O) groups excluding carboxylic acids is 1. The molecule has 3 aromatic rings. The normalized spacial score (nSPS) is 15.6. The lowest BCUT2D eigenvalue weighted by Gasteiger charge is -2.10. The summed E-state index contributed by atoms with van der Waals surface area (Å²) < 4.78 is 0.470. The van der Waals surface area contributed by atoms with Crippen LogP contribution in [0.5, 0.6) is 5.75 Å². The molecule has 0 aliphatic carbocycles. The summed E-state index contributed by atoms with van der Waals surface area (Å²) in [4.78, 5) is 14.4. The van der Waals surface area contributed by atoms with Crippen molar-refractivity contribution in [3.8, 4) is 5.75 Å². The van der Waals surface area contributed by atoms with E-state index in [1.807, 2.05) is 42.5 Å². The van der Waals surface area contributed by atoms with Gasteiger partial charge in [0.1, 0.15) is 10.1 Å². The van der Waals surface area contributed by atoms with Crippen LogP contribution >= 0.6 is 24.0 Å². The summed E-state index contributed by atoms with van der Waals surface area (Å²) in [6.07, 6.45) is 3.24. The highest BCUT2D eigenvalue weighted by Crippen LogP contribution is 2.35. The van der Waals surface area contributed by atoms with Gasteiger partial charge in [0, 0.05) is 17.5 Å². The lowest BCUT2D eigenvalue weighted by atomic mass is 10.1. The Morgan fingerprint density at radius 2 is 1.90 bits per heavy atom. The number of thioether (sulfide) groups is 1. The number of rotatable bonds is 5. The number of benzene rings is 3. The molecule has 0 radical (unpaired) electrons. The minimum absolute atomic E-state index is 0.0492. The number of azo groups is 1. The van der Waals surface area contributed by atoms with Crippen LogP contribution in [0.3, 0.4) is 0 Å². The first-order valence-electron chi connectivity index (χ1n) is 9.15. The molecule has 0 saturated carbocycles. The average molecular weight is 432 g/mol. The van der Waals surface area contributed by atoms with Gasteiger partial charge >= 0.3 is 0 Å². The quantitative estimate of drug-likeness (QED) is 0.221. The molecule has 1 amide bonds. The number of nitrogens with zero attached hydrogens (tertiary/aromatic N) is 3. The van der Waals surface area contributed by atoms with E-state index >= 15 is 0 Å². The Hall–Kier alpha value is -3.29. The van der Waals surface area contributed by atoms with Gasteiger partial charge in [0.05, 0.1) is 16.3 Å². The summed E-state index contributed by atoms with van der Waals surface area (Å²) >= 11 is 6.45. The lowest BCUT2D eigenvalue weighted by Crippen LogP contribution is -2.27. The van der Waals surface area contributed by atoms with Crippen LogP contribution in [-0.2, 0) is 4.79 Å². The summed E-state index contributed by atoms with van der Waals surface area (Å²) in [5, 5.41) is 21.0. The van der Waals surface area contributed by atoms with Crippen molar-refractivity contribution in [2.75, 3.05) is 6.54 Å². The molecule has 1 aliphatic rings. The maximum atomic E-state index is 12.5. The Morgan fingerprint density at radius 1 is 1.10 bits per heavy atom. The highest BCUT2D eigenvalue weighted by Gasteiger charge is 2.31. The highest BCUT2D eigenvalue weighted by molar-refractivity contribution is 8.26. The molecule has 1 saturated heterocycles. The Balaban J connectivity index is 1.64. The fourth-order valence-corrected chi connectivity index (χ4v) is 4.32. The monoisotopic (exact) mass is 431 g/mol. The van der Waals surface area contributed by atoms with Crippen molar-refractivity contribution in [1.29, 1.82) is 0 Å². The second kappa shape index (κ2) is 8.61. The lowest BCUT2D eigenvalue weighted by molar-refractivity contribution is -0.121. The van der Waals surface area contributed by atoms with Crippen LogP contribution in [0.1, 0.15) is 5.56 Å². The number of hydrogen-bond donors (Lipinski definition) is 1. The first-order chi connectivity index (χ1) is 14.6. The number of thiocarbonyl (C=S) groups is 1. The van der Waals surface area contributed by atoms with E-state index in [0.29, 0.717) is 27.0 Å². The van der Waals surface area contributed by atoms with Crippen LogP contribution in [0.4, 0.5) is 11.4 Å². The summed E-state index contributed by atoms with van der Waals surface area (Å²) in [6.45, 7) is 4.00. The van der Waals surface area contributed by atoms with Crippen molar-refractivity contribution in [2.45, 2.75) is 0 Å². The summed E-state index contributed by atoms with van der Waals surface area (Å²) in [5.41, 5.74) is 1.80. The van der Waals surface area contributed by atoms with Crippen molar-refractivity contribution in [3.05, 3.63) is 83.8 Å². The second-order valence-corrected chi connectivity index (χ2v) is 8.20. The van der Waals surface area contributed by atoms with E-state index in [1.165, 1.54) is 22.7 Å². The van der Waals surface area contributed by atoms with Crippen LogP contribution in [0.15, 0.2) is 88.5 Å². The molecule has 4 rings (SSSR count). The van der Waals surface area contributed by atoms with Gasteiger partial charge in [0.2, 0.25) is 0 Å². The van der Waals surface area contributed by atoms with E-state index in [9.17, 15) is 9.90 Å². The third kappa shape index (κ3) is 4.03. The first kappa shape index (κ1) is 20.0. The van der Waals surface area contributed by atoms with E-state index < -0.39 is 0 Å². The van der Waals surface area contributed by atoms with E-state index in [0.717, 1.165) is 16.5 Å². The molecule has 1 N–H and O–H groups in total.